The summed E-state index contributed by atoms with van der Waals surface area (Å²) in [5.74, 6) is 0.136. The van der Waals surface area contributed by atoms with Gasteiger partial charge in [0.15, 0.2) is 0 Å². The number of phenolic OH excluding ortho intramolecular Hbond substituents is 1. The quantitative estimate of drug-likeness (QED) is 0.665. The maximum Gasteiger partial charge on any atom is 0.294 e. The second-order valence-corrected chi connectivity index (χ2v) is 5.11. The summed E-state index contributed by atoms with van der Waals surface area (Å²) in [4.78, 5) is -0.198. The molecule has 0 atom stereocenters. The first-order valence-corrected chi connectivity index (χ1v) is 6.67. The van der Waals surface area contributed by atoms with Gasteiger partial charge in [-0.25, -0.2) is 0 Å². The van der Waals surface area contributed by atoms with E-state index in [1.54, 1.807) is 12.1 Å². The van der Waals surface area contributed by atoms with Crippen molar-refractivity contribution in [2.24, 2.45) is 10.2 Å². The van der Waals surface area contributed by atoms with E-state index in [-0.39, 0.29) is 10.6 Å². The third-order valence-electron chi connectivity index (χ3n) is 2.27. The van der Waals surface area contributed by atoms with Crippen LogP contribution in [0.25, 0.3) is 0 Å². The van der Waals surface area contributed by atoms with Crippen molar-refractivity contribution in [3.05, 3.63) is 48.5 Å². The van der Waals surface area contributed by atoms with Gasteiger partial charge in [0.2, 0.25) is 0 Å². The molecule has 2 N–H and O–H groups in total. The Hall–Kier alpha value is -2.25. The van der Waals surface area contributed by atoms with Gasteiger partial charge in [-0.1, -0.05) is 0 Å². The molecule has 0 radical (unpaired) electrons. The molecule has 2 aromatic rings. The molecule has 0 aliphatic rings. The van der Waals surface area contributed by atoms with Crippen molar-refractivity contribution in [3.63, 3.8) is 0 Å². The van der Waals surface area contributed by atoms with Crippen molar-refractivity contribution in [1.82, 2.24) is 0 Å². The minimum Gasteiger partial charge on any atom is -0.508 e. The van der Waals surface area contributed by atoms with Crippen molar-refractivity contribution in [2.45, 2.75) is 4.90 Å². The van der Waals surface area contributed by atoms with E-state index in [1.807, 2.05) is 0 Å². The van der Waals surface area contributed by atoms with Gasteiger partial charge in [0.1, 0.15) is 5.75 Å². The van der Waals surface area contributed by atoms with Crippen LogP contribution in [0.1, 0.15) is 0 Å². The highest BCUT2D eigenvalue weighted by molar-refractivity contribution is 7.85. The van der Waals surface area contributed by atoms with Crippen molar-refractivity contribution in [1.29, 1.82) is 0 Å². The number of phenols is 1. The first-order valence-electron chi connectivity index (χ1n) is 5.23. The molecule has 6 nitrogen and oxygen atoms in total. The molecule has 0 bridgehead atoms. The standard InChI is InChI=1S/C12H10N2O4S/c15-11-5-1-9(2-6-11)13-14-10-3-7-12(8-4-10)19(16,17)18/h1-8,15H,(H,16,17,18). The molecule has 2 rings (SSSR count). The fraction of sp³-hybridized carbons (Fsp3) is 0. The van der Waals surface area contributed by atoms with Gasteiger partial charge in [-0.15, -0.1) is 0 Å². The van der Waals surface area contributed by atoms with Crippen LogP contribution in [0.15, 0.2) is 63.7 Å². The lowest BCUT2D eigenvalue weighted by Crippen LogP contribution is -1.96. The van der Waals surface area contributed by atoms with Gasteiger partial charge in [-0.3, -0.25) is 4.55 Å². The predicted octanol–water partition coefficient (Wildman–Crippen LogP) is 3.05. The van der Waals surface area contributed by atoms with Crippen LogP contribution >= 0.6 is 0 Å². The third-order valence-corrected chi connectivity index (χ3v) is 3.13. The number of hydrogen-bond acceptors (Lipinski definition) is 5. The zero-order chi connectivity index (χ0) is 13.9. The summed E-state index contributed by atoms with van der Waals surface area (Å²) in [6, 6.07) is 11.5. The molecule has 0 amide bonds. The topological polar surface area (TPSA) is 99.3 Å². The normalized spacial score (nSPS) is 11.8. The van der Waals surface area contributed by atoms with Crippen LogP contribution < -0.4 is 0 Å². The molecule has 0 unspecified atom stereocenters. The number of azo groups is 1. The Labute approximate surface area is 109 Å². The maximum atomic E-state index is 10.8. The summed E-state index contributed by atoms with van der Waals surface area (Å²) < 4.78 is 30.5. The molecule has 0 saturated carbocycles. The van der Waals surface area contributed by atoms with Gasteiger partial charge in [0.25, 0.3) is 10.1 Å². The monoisotopic (exact) mass is 278 g/mol. The molecule has 0 saturated heterocycles. The molecule has 0 spiro atoms. The Morgan fingerprint density at radius 1 is 0.789 bits per heavy atom. The highest BCUT2D eigenvalue weighted by Crippen LogP contribution is 2.21. The molecule has 19 heavy (non-hydrogen) atoms. The number of aromatic hydroxyl groups is 1. The van der Waals surface area contributed by atoms with Crippen molar-refractivity contribution in [2.75, 3.05) is 0 Å². The zero-order valence-corrected chi connectivity index (χ0v) is 10.4. The van der Waals surface area contributed by atoms with E-state index >= 15 is 0 Å². The largest absolute Gasteiger partial charge is 0.508 e. The smallest absolute Gasteiger partial charge is 0.294 e. The summed E-state index contributed by atoms with van der Waals surface area (Å²) in [5, 5.41) is 16.9. The van der Waals surface area contributed by atoms with E-state index < -0.39 is 10.1 Å². The van der Waals surface area contributed by atoms with Crippen LogP contribution in [0.2, 0.25) is 0 Å². The summed E-state index contributed by atoms with van der Waals surface area (Å²) in [5.41, 5.74) is 0.997. The lowest BCUT2D eigenvalue weighted by Gasteiger charge is -1.97. The van der Waals surface area contributed by atoms with Crippen LogP contribution in [-0.4, -0.2) is 18.1 Å². The first-order chi connectivity index (χ1) is 8.95. The molecule has 98 valence electrons. The Morgan fingerprint density at radius 3 is 1.63 bits per heavy atom. The van der Waals surface area contributed by atoms with Gasteiger partial charge < -0.3 is 5.11 Å². The second-order valence-electron chi connectivity index (χ2n) is 3.69. The van der Waals surface area contributed by atoms with E-state index in [1.165, 1.54) is 36.4 Å². The van der Waals surface area contributed by atoms with Gasteiger partial charge >= 0.3 is 0 Å². The second kappa shape index (κ2) is 5.17. The molecule has 0 heterocycles. The molecule has 2 aromatic carbocycles. The lowest BCUT2D eigenvalue weighted by molar-refractivity contribution is 0.475. The van der Waals surface area contributed by atoms with Crippen molar-refractivity contribution in [3.8, 4) is 5.75 Å². The van der Waals surface area contributed by atoms with Gasteiger partial charge in [0, 0.05) is 0 Å². The Morgan fingerprint density at radius 2 is 1.21 bits per heavy atom. The molecular weight excluding hydrogens is 268 g/mol. The van der Waals surface area contributed by atoms with E-state index in [9.17, 15) is 8.42 Å². The average molecular weight is 278 g/mol. The minimum absolute atomic E-state index is 0.136. The zero-order valence-electron chi connectivity index (χ0n) is 9.63. The highest BCUT2D eigenvalue weighted by atomic mass is 32.2. The Bertz CT molecular complexity index is 692. The fourth-order valence-corrected chi connectivity index (χ4v) is 1.80. The van der Waals surface area contributed by atoms with Crippen LogP contribution in [-0.2, 0) is 10.1 Å². The first kappa shape index (κ1) is 13.2. The summed E-state index contributed by atoms with van der Waals surface area (Å²) in [7, 11) is -4.19. The molecule has 0 aromatic heterocycles. The summed E-state index contributed by atoms with van der Waals surface area (Å²) in [6.45, 7) is 0. The number of hydrogen-bond donors (Lipinski definition) is 2. The van der Waals surface area contributed by atoms with Gasteiger partial charge in [-0.2, -0.15) is 18.6 Å². The number of nitrogens with zero attached hydrogens (tertiary/aromatic N) is 2. The molecule has 0 aliphatic carbocycles. The fourth-order valence-electron chi connectivity index (χ4n) is 1.32. The highest BCUT2D eigenvalue weighted by Gasteiger charge is 2.07. The average Bonchev–Trinajstić information content (AvgIpc) is 2.37. The lowest BCUT2D eigenvalue weighted by atomic mass is 10.3. The molecule has 0 fully saturated rings. The number of benzene rings is 2. The molecule has 0 aliphatic heterocycles. The van der Waals surface area contributed by atoms with E-state index in [0.29, 0.717) is 11.4 Å². The summed E-state index contributed by atoms with van der Waals surface area (Å²) >= 11 is 0. The van der Waals surface area contributed by atoms with Crippen LogP contribution in [0.4, 0.5) is 11.4 Å². The van der Waals surface area contributed by atoms with Crippen LogP contribution in [0, 0.1) is 0 Å². The molecular formula is C12H10N2O4S. The van der Waals surface area contributed by atoms with Crippen molar-refractivity contribution >= 4 is 21.5 Å². The predicted molar refractivity (Wildman–Crippen MR) is 68.5 cm³/mol. The minimum atomic E-state index is -4.19. The van der Waals surface area contributed by atoms with E-state index in [4.69, 9.17) is 9.66 Å². The Balaban J connectivity index is 2.18. The SMILES string of the molecule is O=S(=O)(O)c1ccc(N=Nc2ccc(O)cc2)cc1. The van der Waals surface area contributed by atoms with Crippen LogP contribution in [0.3, 0.4) is 0 Å². The number of rotatable bonds is 3. The van der Waals surface area contributed by atoms with E-state index in [2.05, 4.69) is 10.2 Å². The van der Waals surface area contributed by atoms with Gasteiger partial charge in [0.05, 0.1) is 16.3 Å². The summed E-state index contributed by atoms with van der Waals surface area (Å²) in [6.07, 6.45) is 0. The Kier molecular flexibility index (Phi) is 3.59. The maximum absolute atomic E-state index is 10.8. The molecule has 7 heteroatoms. The van der Waals surface area contributed by atoms with Crippen molar-refractivity contribution < 1.29 is 18.1 Å². The van der Waals surface area contributed by atoms with Gasteiger partial charge in [-0.05, 0) is 48.5 Å². The van der Waals surface area contributed by atoms with E-state index in [0.717, 1.165) is 0 Å². The third kappa shape index (κ3) is 3.60. The van der Waals surface area contributed by atoms with Crippen LogP contribution in [0.5, 0.6) is 5.75 Å².